The summed E-state index contributed by atoms with van der Waals surface area (Å²) in [5.74, 6) is 1.46. The number of aromatic amines is 1. The number of rotatable bonds is 11. The summed E-state index contributed by atoms with van der Waals surface area (Å²) in [5, 5.41) is 1.70. The van der Waals surface area contributed by atoms with Gasteiger partial charge in [-0.25, -0.2) is 4.79 Å². The molecule has 49 heavy (non-hydrogen) atoms. The smallest absolute Gasteiger partial charge is 0.331 e. The molecule has 9 nitrogen and oxygen atoms in total. The largest absolute Gasteiger partial charge is 0.497 e. The highest BCUT2D eigenvalue weighted by molar-refractivity contribution is 7.17. The van der Waals surface area contributed by atoms with E-state index in [0.29, 0.717) is 10.2 Å². The first-order valence-corrected chi connectivity index (χ1v) is 20.1. The molecule has 3 aromatic carbocycles. The molecule has 3 heterocycles. The molecule has 2 aromatic heterocycles. The Morgan fingerprint density at radius 1 is 0.837 bits per heavy atom. The minimum atomic E-state index is -2.35. The van der Waals surface area contributed by atoms with Crippen molar-refractivity contribution >= 4 is 29.9 Å². The van der Waals surface area contributed by atoms with Crippen LogP contribution in [-0.2, 0) is 19.5 Å². The Hall–Kier alpha value is -4.00. The van der Waals surface area contributed by atoms with Crippen LogP contribution < -0.4 is 20.7 Å². The van der Waals surface area contributed by atoms with E-state index in [1.54, 1.807) is 25.7 Å². The molecule has 11 heteroatoms. The van der Waals surface area contributed by atoms with Crippen molar-refractivity contribution in [1.29, 1.82) is 0 Å². The molecule has 257 valence electrons. The summed E-state index contributed by atoms with van der Waals surface area (Å²) >= 11 is 1.28. The molecule has 1 fully saturated rings. The molecule has 5 aromatic rings. The van der Waals surface area contributed by atoms with Crippen LogP contribution in [0.15, 0.2) is 99.9 Å². The number of hydrogen-bond acceptors (Lipinski definition) is 8. The molecule has 1 N–H and O–H groups in total. The van der Waals surface area contributed by atoms with Crippen LogP contribution in [0, 0.1) is 6.42 Å². The monoisotopic (exact) mass is 699 g/mol. The lowest BCUT2D eigenvalue weighted by atomic mass is 9.80. The van der Waals surface area contributed by atoms with E-state index in [1.165, 1.54) is 15.9 Å². The van der Waals surface area contributed by atoms with Gasteiger partial charge in [-0.3, -0.25) is 14.3 Å². The van der Waals surface area contributed by atoms with Gasteiger partial charge in [-0.1, -0.05) is 75.4 Å². The van der Waals surface area contributed by atoms with Gasteiger partial charge in [0.25, 0.3) is 5.56 Å². The van der Waals surface area contributed by atoms with Crippen LogP contribution in [0.2, 0.25) is 18.1 Å². The van der Waals surface area contributed by atoms with Crippen molar-refractivity contribution < 1.29 is 23.4 Å². The van der Waals surface area contributed by atoms with Gasteiger partial charge in [0.2, 0.25) is 0 Å². The zero-order chi connectivity index (χ0) is 35.0. The minimum Gasteiger partial charge on any atom is -0.497 e. The third-order valence-corrected chi connectivity index (χ3v) is 15.1. The maximum Gasteiger partial charge on any atom is 0.331 e. The average molecular weight is 700 g/mol. The molecule has 3 atom stereocenters. The molecule has 1 aliphatic heterocycles. The first kappa shape index (κ1) is 34.8. The van der Waals surface area contributed by atoms with Crippen molar-refractivity contribution in [2.45, 2.75) is 62.9 Å². The average Bonchev–Trinajstić information content (AvgIpc) is 3.73. The summed E-state index contributed by atoms with van der Waals surface area (Å²) in [5.41, 5.74) is 1.20. The molecule has 0 unspecified atom stereocenters. The number of benzene rings is 3. The Morgan fingerprint density at radius 2 is 1.41 bits per heavy atom. The summed E-state index contributed by atoms with van der Waals surface area (Å²) in [4.78, 5) is 28.6. The van der Waals surface area contributed by atoms with Crippen molar-refractivity contribution in [2.24, 2.45) is 0 Å². The maximum absolute atomic E-state index is 13.5. The Kier molecular flexibility index (Phi) is 9.76. The molecule has 0 amide bonds. The molecule has 0 bridgehead atoms. The van der Waals surface area contributed by atoms with Crippen LogP contribution in [-0.4, -0.2) is 50.9 Å². The molecule has 1 saturated heterocycles. The highest BCUT2D eigenvalue weighted by Gasteiger charge is 2.47. The van der Waals surface area contributed by atoms with Crippen LogP contribution in [0.25, 0.3) is 10.2 Å². The Labute approximate surface area is 291 Å². The van der Waals surface area contributed by atoms with E-state index in [0.717, 1.165) is 28.2 Å². The van der Waals surface area contributed by atoms with Gasteiger partial charge < -0.3 is 23.4 Å². The van der Waals surface area contributed by atoms with Gasteiger partial charge in [0.1, 0.15) is 21.8 Å². The first-order valence-electron chi connectivity index (χ1n) is 16.3. The third-order valence-electron chi connectivity index (χ3n) is 9.68. The van der Waals surface area contributed by atoms with Crippen molar-refractivity contribution in [1.82, 2.24) is 9.55 Å². The molecule has 0 saturated carbocycles. The zero-order valence-corrected chi connectivity index (χ0v) is 30.7. The predicted molar refractivity (Wildman–Crippen MR) is 195 cm³/mol. The van der Waals surface area contributed by atoms with Crippen molar-refractivity contribution in [3.05, 3.63) is 134 Å². The second-order valence-electron chi connectivity index (χ2n) is 13.7. The Balaban J connectivity index is 1.43. The number of thiophene rings is 1. The van der Waals surface area contributed by atoms with Gasteiger partial charge in [0, 0.05) is 6.42 Å². The molecule has 0 aliphatic carbocycles. The number of H-pyrrole nitrogens is 1. The fourth-order valence-corrected chi connectivity index (χ4v) is 8.05. The quantitative estimate of drug-likeness (QED) is 0.114. The van der Waals surface area contributed by atoms with E-state index in [1.807, 2.05) is 85.3 Å². The van der Waals surface area contributed by atoms with Crippen LogP contribution >= 0.6 is 11.3 Å². The highest BCUT2D eigenvalue weighted by Crippen LogP contribution is 2.45. The van der Waals surface area contributed by atoms with Gasteiger partial charge in [0.05, 0.1) is 38.6 Å². The highest BCUT2D eigenvalue weighted by atomic mass is 32.1. The fraction of sp³-hybridized carbons (Fsp3) is 0.342. The van der Waals surface area contributed by atoms with Crippen LogP contribution in [0.5, 0.6) is 11.5 Å². The summed E-state index contributed by atoms with van der Waals surface area (Å²) in [6.07, 6.45) is 0.0389. The summed E-state index contributed by atoms with van der Waals surface area (Å²) in [6, 6.07) is 27.6. The van der Waals surface area contributed by atoms with E-state index >= 15 is 0 Å². The van der Waals surface area contributed by atoms with E-state index in [-0.39, 0.29) is 11.6 Å². The standard InChI is InChI=1S/C38H43N2O7SSi/c1-37(2,3)49(6,7)47-32-23-30(46-35(32)40-31-21-22-48-33(31)34(41)39-36(40)42)24-45-38(25-11-9-8-10-12-25,26-13-17-28(43-4)18-14-26)27-15-19-29(44-5)20-16-27/h8-23,30,32,35H,24H2,1-7H3,(H,39,41,42)/t30-,32-,35-/m1/s1. The number of ether oxygens (including phenoxy) is 4. The van der Waals surface area contributed by atoms with Gasteiger partial charge in [-0.2, -0.15) is 0 Å². The van der Waals surface area contributed by atoms with E-state index in [9.17, 15) is 9.59 Å². The van der Waals surface area contributed by atoms with Crippen molar-refractivity contribution in [2.75, 3.05) is 20.8 Å². The van der Waals surface area contributed by atoms with E-state index < -0.39 is 43.6 Å². The second kappa shape index (κ2) is 13.7. The van der Waals surface area contributed by atoms with Gasteiger partial charge in [-0.05, 0) is 70.5 Å². The molecular formula is C38H43N2O7SSi. The van der Waals surface area contributed by atoms with Gasteiger partial charge >= 0.3 is 5.69 Å². The number of hydrogen-bond donors (Lipinski definition) is 1. The van der Waals surface area contributed by atoms with Crippen molar-refractivity contribution in [3.63, 3.8) is 0 Å². The molecule has 1 radical (unpaired) electrons. The summed E-state index contributed by atoms with van der Waals surface area (Å²) < 4.78 is 33.7. The van der Waals surface area contributed by atoms with Gasteiger partial charge in [-0.15, -0.1) is 11.3 Å². The number of fused-ring (bicyclic) bond motifs is 1. The molecule has 1 aliphatic rings. The summed E-state index contributed by atoms with van der Waals surface area (Å²) in [7, 11) is 0.934. The van der Waals surface area contributed by atoms with E-state index in [2.05, 4.69) is 38.8 Å². The Bertz CT molecular complexity index is 1950. The predicted octanol–water partition coefficient (Wildman–Crippen LogP) is 7.27. The zero-order valence-electron chi connectivity index (χ0n) is 28.9. The molecular weight excluding hydrogens is 657 g/mol. The SMILES string of the molecule is COc1ccc(C(OC[C@H]2[CH][C@@H](O[Si](C)(C)C(C)(C)C)[C@H](n3c(=O)[nH]c(=O)c4sccc43)O2)(c2ccccc2)c2ccc(OC)cc2)cc1. The first-order chi connectivity index (χ1) is 23.4. The summed E-state index contributed by atoms with van der Waals surface area (Å²) in [6.45, 7) is 11.0. The van der Waals surface area contributed by atoms with Crippen LogP contribution in [0.3, 0.4) is 0 Å². The lowest BCUT2D eigenvalue weighted by Gasteiger charge is -2.39. The second-order valence-corrected chi connectivity index (χ2v) is 19.4. The lowest BCUT2D eigenvalue weighted by Crippen LogP contribution is -2.46. The minimum absolute atomic E-state index is 0.0984. The topological polar surface area (TPSA) is 101 Å². The number of aromatic nitrogens is 2. The van der Waals surface area contributed by atoms with E-state index in [4.69, 9.17) is 23.4 Å². The number of nitrogens with zero attached hydrogens (tertiary/aromatic N) is 1. The maximum atomic E-state index is 13.5. The van der Waals surface area contributed by atoms with Gasteiger partial charge in [0.15, 0.2) is 14.5 Å². The third kappa shape index (κ3) is 6.65. The van der Waals surface area contributed by atoms with Crippen LogP contribution in [0.1, 0.15) is 43.7 Å². The lowest BCUT2D eigenvalue weighted by molar-refractivity contribution is -0.0830. The molecule has 0 spiro atoms. The number of methoxy groups -OCH3 is 2. The van der Waals surface area contributed by atoms with Crippen molar-refractivity contribution in [3.8, 4) is 11.5 Å². The number of nitrogens with one attached hydrogen (secondary N) is 1. The fourth-order valence-electron chi connectivity index (χ4n) is 6.05. The normalized spacial score (nSPS) is 18.6. The molecule has 6 rings (SSSR count). The van der Waals surface area contributed by atoms with Crippen LogP contribution in [0.4, 0.5) is 0 Å². The Morgan fingerprint density at radius 3 is 1.96 bits per heavy atom.